The summed E-state index contributed by atoms with van der Waals surface area (Å²) in [5.41, 5.74) is 0. The normalized spacial score (nSPS) is 9.50. The molecule has 0 saturated heterocycles. The molecule has 82 valence electrons. The standard InChI is InChI=1S/C7H13NO5S/c1-2-3-4-5-6-12-13-7(9)8-14(10)11/h2-6H2,1H3. The summed E-state index contributed by atoms with van der Waals surface area (Å²) >= 11 is 0. The number of amides is 1. The van der Waals surface area contributed by atoms with Gasteiger partial charge < -0.3 is 0 Å². The van der Waals surface area contributed by atoms with Crippen molar-refractivity contribution in [1.82, 2.24) is 0 Å². The second kappa shape index (κ2) is 8.64. The minimum atomic E-state index is -2.79. The van der Waals surface area contributed by atoms with Crippen LogP contribution in [0.3, 0.4) is 0 Å². The number of unbranched alkanes of at least 4 members (excludes halogenated alkanes) is 3. The summed E-state index contributed by atoms with van der Waals surface area (Å²) in [7, 11) is -2.79. The fourth-order valence-electron chi connectivity index (χ4n) is 0.756. The fraction of sp³-hybridized carbons (Fsp3) is 0.857. The quantitative estimate of drug-likeness (QED) is 0.389. The topological polar surface area (TPSA) is 82.0 Å². The molecule has 0 aromatic carbocycles. The number of nitrogens with zero attached hydrogens (tertiary/aromatic N) is 1. The summed E-state index contributed by atoms with van der Waals surface area (Å²) in [5, 5.41) is 0. The van der Waals surface area contributed by atoms with E-state index in [-0.39, 0.29) is 6.61 Å². The van der Waals surface area contributed by atoms with Crippen LogP contribution in [0.25, 0.3) is 0 Å². The van der Waals surface area contributed by atoms with Gasteiger partial charge in [0.2, 0.25) is 0 Å². The Balaban J connectivity index is 3.37. The molecule has 0 aliphatic heterocycles. The molecule has 0 heterocycles. The predicted octanol–water partition coefficient (Wildman–Crippen LogP) is 1.70. The van der Waals surface area contributed by atoms with Crippen LogP contribution >= 0.6 is 0 Å². The van der Waals surface area contributed by atoms with E-state index < -0.39 is 16.6 Å². The first kappa shape index (κ1) is 13.1. The van der Waals surface area contributed by atoms with E-state index >= 15 is 0 Å². The lowest BCUT2D eigenvalue weighted by molar-refractivity contribution is -0.236. The highest BCUT2D eigenvalue weighted by Crippen LogP contribution is 1.99. The molecule has 14 heavy (non-hydrogen) atoms. The highest BCUT2D eigenvalue weighted by atomic mass is 32.2. The monoisotopic (exact) mass is 223 g/mol. The second-order valence-corrected chi connectivity index (χ2v) is 3.16. The molecule has 1 amide bonds. The Hall–Kier alpha value is -0.950. The van der Waals surface area contributed by atoms with E-state index in [0.29, 0.717) is 0 Å². The van der Waals surface area contributed by atoms with Crippen LogP contribution in [0.4, 0.5) is 4.79 Å². The number of hydrogen-bond acceptors (Lipinski definition) is 5. The maximum atomic E-state index is 10.4. The van der Waals surface area contributed by atoms with Gasteiger partial charge in [0.15, 0.2) is 0 Å². The summed E-state index contributed by atoms with van der Waals surface area (Å²) < 4.78 is 22.3. The van der Waals surface area contributed by atoms with Crippen LogP contribution in [0.2, 0.25) is 0 Å². The molecule has 0 rings (SSSR count). The van der Waals surface area contributed by atoms with Gasteiger partial charge in [-0.05, 0) is 6.42 Å². The Morgan fingerprint density at radius 3 is 2.57 bits per heavy atom. The van der Waals surface area contributed by atoms with E-state index in [0.717, 1.165) is 25.7 Å². The third-order valence-corrected chi connectivity index (χ3v) is 1.66. The fourth-order valence-corrected chi connectivity index (χ4v) is 0.908. The van der Waals surface area contributed by atoms with E-state index in [9.17, 15) is 13.2 Å². The number of hydrogen-bond donors (Lipinski definition) is 0. The van der Waals surface area contributed by atoms with E-state index in [1.54, 1.807) is 0 Å². The lowest BCUT2D eigenvalue weighted by atomic mass is 10.2. The zero-order chi connectivity index (χ0) is 10.8. The Kier molecular flexibility index (Phi) is 8.05. The van der Waals surface area contributed by atoms with Gasteiger partial charge in [-0.2, -0.15) is 13.3 Å². The van der Waals surface area contributed by atoms with Crippen molar-refractivity contribution in [3.63, 3.8) is 0 Å². The molecule has 0 fully saturated rings. The first-order valence-electron chi connectivity index (χ1n) is 4.31. The van der Waals surface area contributed by atoms with Gasteiger partial charge in [-0.15, -0.1) is 0 Å². The average molecular weight is 223 g/mol. The van der Waals surface area contributed by atoms with Crippen LogP contribution < -0.4 is 0 Å². The van der Waals surface area contributed by atoms with Crippen molar-refractivity contribution in [3.8, 4) is 0 Å². The summed E-state index contributed by atoms with van der Waals surface area (Å²) in [5.74, 6) is 0. The SMILES string of the molecule is CCCCCCOOC(=O)N=S(=O)=O. The highest BCUT2D eigenvalue weighted by Gasteiger charge is 2.00. The highest BCUT2D eigenvalue weighted by molar-refractivity contribution is 7.62. The summed E-state index contributed by atoms with van der Waals surface area (Å²) in [6, 6.07) is 0. The maximum absolute atomic E-state index is 10.4. The molecule has 0 saturated carbocycles. The molecule has 0 spiro atoms. The third-order valence-electron chi connectivity index (χ3n) is 1.36. The summed E-state index contributed by atoms with van der Waals surface area (Å²) in [6.45, 7) is 2.33. The van der Waals surface area contributed by atoms with E-state index in [1.165, 1.54) is 0 Å². The molecule has 0 bridgehead atoms. The Morgan fingerprint density at radius 2 is 2.00 bits per heavy atom. The van der Waals surface area contributed by atoms with E-state index in [4.69, 9.17) is 0 Å². The van der Waals surface area contributed by atoms with Crippen molar-refractivity contribution < 1.29 is 23.0 Å². The van der Waals surface area contributed by atoms with Crippen LogP contribution in [0.15, 0.2) is 4.36 Å². The summed E-state index contributed by atoms with van der Waals surface area (Å²) in [4.78, 5) is 18.9. The minimum absolute atomic E-state index is 0.257. The molecule has 0 aliphatic carbocycles. The van der Waals surface area contributed by atoms with Gasteiger partial charge >= 0.3 is 16.6 Å². The van der Waals surface area contributed by atoms with Crippen molar-refractivity contribution in [2.45, 2.75) is 32.6 Å². The van der Waals surface area contributed by atoms with Crippen LogP contribution in [0, 0.1) is 0 Å². The number of rotatable bonds is 6. The molecule has 0 atom stereocenters. The summed E-state index contributed by atoms with van der Waals surface area (Å²) in [6.07, 6.45) is 2.69. The zero-order valence-corrected chi connectivity index (χ0v) is 8.75. The molecule has 6 nitrogen and oxygen atoms in total. The van der Waals surface area contributed by atoms with Crippen molar-refractivity contribution >= 4 is 16.6 Å². The molecule has 0 unspecified atom stereocenters. The minimum Gasteiger partial charge on any atom is -0.273 e. The van der Waals surface area contributed by atoms with Gasteiger partial charge in [0.25, 0.3) is 0 Å². The lowest BCUT2D eigenvalue weighted by Gasteiger charge is -1.99. The molecular weight excluding hydrogens is 210 g/mol. The van der Waals surface area contributed by atoms with Gasteiger partial charge in [-0.25, -0.2) is 4.79 Å². The average Bonchev–Trinajstić information content (AvgIpc) is 2.10. The second-order valence-electron chi connectivity index (χ2n) is 2.54. The van der Waals surface area contributed by atoms with E-state index in [1.807, 2.05) is 0 Å². The Labute approximate surface area is 83.8 Å². The Bertz CT molecular complexity index is 276. The number of carbonyl (C=O) groups is 1. The Morgan fingerprint density at radius 1 is 1.29 bits per heavy atom. The van der Waals surface area contributed by atoms with Crippen molar-refractivity contribution in [2.24, 2.45) is 4.36 Å². The van der Waals surface area contributed by atoms with Gasteiger partial charge in [-0.1, -0.05) is 30.5 Å². The van der Waals surface area contributed by atoms with Gasteiger partial charge in [0, 0.05) is 0 Å². The molecule has 0 N–H and O–H groups in total. The largest absolute Gasteiger partial charge is 0.479 e. The molecular formula is C7H13NO5S. The predicted molar refractivity (Wildman–Crippen MR) is 47.9 cm³/mol. The van der Waals surface area contributed by atoms with Crippen molar-refractivity contribution in [2.75, 3.05) is 6.61 Å². The van der Waals surface area contributed by atoms with Crippen molar-refractivity contribution in [1.29, 1.82) is 0 Å². The maximum Gasteiger partial charge on any atom is 0.479 e. The molecule has 0 aromatic rings. The van der Waals surface area contributed by atoms with Gasteiger partial charge in [0.05, 0.1) is 6.61 Å². The van der Waals surface area contributed by atoms with Crippen LogP contribution in [-0.2, 0) is 20.3 Å². The molecule has 0 aromatic heterocycles. The lowest BCUT2D eigenvalue weighted by Crippen LogP contribution is -2.01. The van der Waals surface area contributed by atoms with E-state index in [2.05, 4.69) is 21.1 Å². The molecule has 7 heteroatoms. The third kappa shape index (κ3) is 9.14. The van der Waals surface area contributed by atoms with Crippen LogP contribution in [0.5, 0.6) is 0 Å². The number of carbonyl (C=O) groups excluding carboxylic acids is 1. The van der Waals surface area contributed by atoms with Crippen molar-refractivity contribution in [3.05, 3.63) is 0 Å². The van der Waals surface area contributed by atoms with Gasteiger partial charge in [0.1, 0.15) is 0 Å². The van der Waals surface area contributed by atoms with Gasteiger partial charge in [-0.3, -0.25) is 4.89 Å². The first-order valence-corrected chi connectivity index (χ1v) is 5.34. The first-order chi connectivity index (χ1) is 6.66. The smallest absolute Gasteiger partial charge is 0.273 e. The van der Waals surface area contributed by atoms with Crippen LogP contribution in [-0.4, -0.2) is 21.1 Å². The van der Waals surface area contributed by atoms with Crippen LogP contribution in [0.1, 0.15) is 32.6 Å². The molecule has 0 aliphatic rings. The zero-order valence-electron chi connectivity index (χ0n) is 7.93. The molecule has 0 radical (unpaired) electrons.